The molecular formula is C16H14ClFN2O2. The zero-order valence-electron chi connectivity index (χ0n) is 11.8. The van der Waals surface area contributed by atoms with Crippen LogP contribution in [0, 0.1) is 5.82 Å². The molecule has 1 amide bonds. The fourth-order valence-corrected chi connectivity index (χ4v) is 1.71. The van der Waals surface area contributed by atoms with Crippen molar-refractivity contribution in [3.8, 4) is 0 Å². The Bertz CT molecular complexity index is 674. The summed E-state index contributed by atoms with van der Waals surface area (Å²) in [5.41, 5.74) is 0.885. The van der Waals surface area contributed by atoms with Gasteiger partial charge in [-0.2, -0.15) is 0 Å². The minimum atomic E-state index is -0.821. The van der Waals surface area contributed by atoms with Gasteiger partial charge in [-0.3, -0.25) is 4.79 Å². The van der Waals surface area contributed by atoms with Crippen LogP contribution < -0.4 is 5.32 Å². The van der Waals surface area contributed by atoms with Gasteiger partial charge in [0, 0.05) is 16.3 Å². The fourth-order valence-electron chi connectivity index (χ4n) is 1.58. The van der Waals surface area contributed by atoms with Gasteiger partial charge in [-0.25, -0.2) is 4.39 Å². The standard InChI is InChI=1S/C16H14ClFN2O2/c1-11(16(21)20-14-8-6-13(17)7-9-14)22-19-10-12-4-2-3-5-15(12)18/h2-11H,1H3,(H,20,21)/b19-10-/t11-/m0/s1. The number of hydrogen-bond donors (Lipinski definition) is 1. The van der Waals surface area contributed by atoms with E-state index in [1.165, 1.54) is 12.3 Å². The number of oxime groups is 1. The summed E-state index contributed by atoms with van der Waals surface area (Å²) in [7, 11) is 0. The number of hydrogen-bond acceptors (Lipinski definition) is 3. The van der Waals surface area contributed by atoms with Gasteiger partial charge in [0.25, 0.3) is 5.91 Å². The number of anilines is 1. The van der Waals surface area contributed by atoms with Crippen LogP contribution in [0.1, 0.15) is 12.5 Å². The molecule has 1 atom stereocenters. The molecule has 2 aromatic rings. The first-order valence-electron chi connectivity index (χ1n) is 6.56. The van der Waals surface area contributed by atoms with E-state index in [9.17, 15) is 9.18 Å². The lowest BCUT2D eigenvalue weighted by Crippen LogP contribution is -2.26. The van der Waals surface area contributed by atoms with Gasteiger partial charge >= 0.3 is 0 Å². The molecule has 0 aromatic heterocycles. The van der Waals surface area contributed by atoms with E-state index in [1.54, 1.807) is 49.4 Å². The van der Waals surface area contributed by atoms with Crippen molar-refractivity contribution in [1.82, 2.24) is 0 Å². The van der Waals surface area contributed by atoms with E-state index in [-0.39, 0.29) is 11.5 Å². The van der Waals surface area contributed by atoms with Gasteiger partial charge in [0.2, 0.25) is 6.10 Å². The molecule has 2 aromatic carbocycles. The molecule has 0 aliphatic carbocycles. The SMILES string of the molecule is C[C@H](O/N=C\c1ccccc1F)C(=O)Nc1ccc(Cl)cc1. The lowest BCUT2D eigenvalue weighted by Gasteiger charge is -2.10. The Labute approximate surface area is 132 Å². The summed E-state index contributed by atoms with van der Waals surface area (Å²) < 4.78 is 13.4. The average molecular weight is 321 g/mol. The van der Waals surface area contributed by atoms with E-state index in [2.05, 4.69) is 10.5 Å². The molecule has 0 bridgehead atoms. The van der Waals surface area contributed by atoms with Crippen LogP contribution in [-0.2, 0) is 9.63 Å². The third-order valence-corrected chi connectivity index (χ3v) is 3.05. The highest BCUT2D eigenvalue weighted by atomic mass is 35.5. The van der Waals surface area contributed by atoms with Crippen molar-refractivity contribution in [2.24, 2.45) is 5.16 Å². The number of nitrogens with one attached hydrogen (secondary N) is 1. The maximum Gasteiger partial charge on any atom is 0.267 e. The summed E-state index contributed by atoms with van der Waals surface area (Å²) in [4.78, 5) is 16.9. The Kier molecular flexibility index (Phi) is 5.49. The number of carbonyl (C=O) groups is 1. The molecule has 114 valence electrons. The normalized spacial score (nSPS) is 12.1. The lowest BCUT2D eigenvalue weighted by molar-refractivity contribution is -0.126. The molecule has 2 rings (SSSR count). The van der Waals surface area contributed by atoms with Crippen LogP contribution in [0.5, 0.6) is 0 Å². The fraction of sp³-hybridized carbons (Fsp3) is 0.125. The largest absolute Gasteiger partial charge is 0.383 e. The van der Waals surface area contributed by atoms with Crippen LogP contribution in [0.4, 0.5) is 10.1 Å². The summed E-state index contributed by atoms with van der Waals surface area (Å²) in [5.74, 6) is -0.777. The van der Waals surface area contributed by atoms with Crippen LogP contribution in [0.3, 0.4) is 0 Å². The van der Waals surface area contributed by atoms with Gasteiger partial charge in [-0.15, -0.1) is 0 Å². The molecule has 6 heteroatoms. The van der Waals surface area contributed by atoms with Crippen molar-refractivity contribution in [3.05, 3.63) is 64.9 Å². The van der Waals surface area contributed by atoms with Crippen molar-refractivity contribution >= 4 is 29.4 Å². The molecule has 1 N–H and O–H groups in total. The quantitative estimate of drug-likeness (QED) is 0.672. The Hall–Kier alpha value is -2.40. The van der Waals surface area contributed by atoms with E-state index >= 15 is 0 Å². The first-order chi connectivity index (χ1) is 10.6. The second-order valence-electron chi connectivity index (χ2n) is 4.50. The predicted octanol–water partition coefficient (Wildman–Crippen LogP) is 3.86. The van der Waals surface area contributed by atoms with Crippen molar-refractivity contribution in [1.29, 1.82) is 0 Å². The molecule has 0 aliphatic rings. The van der Waals surface area contributed by atoms with Crippen molar-refractivity contribution in [3.63, 3.8) is 0 Å². The van der Waals surface area contributed by atoms with Gasteiger partial charge < -0.3 is 10.2 Å². The van der Waals surface area contributed by atoms with E-state index in [4.69, 9.17) is 16.4 Å². The molecule has 22 heavy (non-hydrogen) atoms. The topological polar surface area (TPSA) is 50.7 Å². The number of carbonyl (C=O) groups excluding carboxylic acids is 1. The number of halogens is 2. The van der Waals surface area contributed by atoms with Gasteiger partial charge in [0.05, 0.1) is 6.21 Å². The third-order valence-electron chi connectivity index (χ3n) is 2.80. The minimum Gasteiger partial charge on any atom is -0.383 e. The first-order valence-corrected chi connectivity index (χ1v) is 6.94. The molecule has 0 aliphatic heterocycles. The molecule has 0 saturated carbocycles. The highest BCUT2D eigenvalue weighted by Crippen LogP contribution is 2.13. The summed E-state index contributed by atoms with van der Waals surface area (Å²) in [6.07, 6.45) is 0.403. The van der Waals surface area contributed by atoms with Gasteiger partial charge in [-0.05, 0) is 37.3 Å². The van der Waals surface area contributed by atoms with E-state index in [1.807, 2.05) is 0 Å². The number of rotatable bonds is 5. The molecule has 0 unspecified atom stereocenters. The minimum absolute atomic E-state index is 0.285. The summed E-state index contributed by atoms with van der Waals surface area (Å²) in [5, 5.41) is 6.87. The molecule has 0 spiro atoms. The van der Waals surface area contributed by atoms with E-state index < -0.39 is 11.9 Å². The van der Waals surface area contributed by atoms with Crippen LogP contribution in [0.15, 0.2) is 53.7 Å². The van der Waals surface area contributed by atoms with Crippen molar-refractivity contribution in [2.75, 3.05) is 5.32 Å². The molecule has 4 nitrogen and oxygen atoms in total. The molecule has 0 fully saturated rings. The van der Waals surface area contributed by atoms with Crippen LogP contribution in [0.25, 0.3) is 0 Å². The highest BCUT2D eigenvalue weighted by Gasteiger charge is 2.14. The Morgan fingerprint density at radius 2 is 1.95 bits per heavy atom. The first kappa shape index (κ1) is 16.0. The summed E-state index contributed by atoms with van der Waals surface area (Å²) >= 11 is 5.76. The Balaban J connectivity index is 1.89. The number of benzene rings is 2. The van der Waals surface area contributed by atoms with Crippen molar-refractivity contribution < 1.29 is 14.0 Å². The van der Waals surface area contributed by atoms with Gasteiger partial charge in [0.1, 0.15) is 5.82 Å². The van der Waals surface area contributed by atoms with E-state index in [0.29, 0.717) is 10.7 Å². The maximum atomic E-state index is 13.4. The molecule has 0 saturated heterocycles. The summed E-state index contributed by atoms with van der Waals surface area (Å²) in [6, 6.07) is 12.8. The number of nitrogens with zero attached hydrogens (tertiary/aromatic N) is 1. The second-order valence-corrected chi connectivity index (χ2v) is 4.94. The van der Waals surface area contributed by atoms with Crippen LogP contribution in [0.2, 0.25) is 5.02 Å². The van der Waals surface area contributed by atoms with Crippen LogP contribution >= 0.6 is 11.6 Å². The smallest absolute Gasteiger partial charge is 0.267 e. The van der Waals surface area contributed by atoms with Gasteiger partial charge in [-0.1, -0.05) is 35.0 Å². The zero-order chi connectivity index (χ0) is 15.9. The molecule has 0 heterocycles. The Morgan fingerprint density at radius 3 is 2.64 bits per heavy atom. The van der Waals surface area contributed by atoms with Crippen molar-refractivity contribution in [2.45, 2.75) is 13.0 Å². The summed E-state index contributed by atoms with van der Waals surface area (Å²) in [6.45, 7) is 1.55. The zero-order valence-corrected chi connectivity index (χ0v) is 12.5. The average Bonchev–Trinajstić information content (AvgIpc) is 2.51. The number of amides is 1. The molecular weight excluding hydrogens is 307 g/mol. The maximum absolute atomic E-state index is 13.4. The Morgan fingerprint density at radius 1 is 1.27 bits per heavy atom. The monoisotopic (exact) mass is 320 g/mol. The highest BCUT2D eigenvalue weighted by molar-refractivity contribution is 6.30. The second kappa shape index (κ2) is 7.56. The molecule has 0 radical (unpaired) electrons. The third kappa shape index (κ3) is 4.56. The van der Waals surface area contributed by atoms with Crippen LogP contribution in [-0.4, -0.2) is 18.2 Å². The predicted molar refractivity (Wildman–Crippen MR) is 84.6 cm³/mol. The van der Waals surface area contributed by atoms with Gasteiger partial charge in [0.15, 0.2) is 0 Å². The lowest BCUT2D eigenvalue weighted by atomic mass is 10.2. The van der Waals surface area contributed by atoms with E-state index in [0.717, 1.165) is 0 Å².